The molecule has 0 bridgehead atoms. The molecule has 1 N–H and O–H groups in total. The van der Waals surface area contributed by atoms with Crippen LogP contribution in [0.4, 0.5) is 0 Å². The van der Waals surface area contributed by atoms with Crippen molar-refractivity contribution in [3.63, 3.8) is 0 Å². The van der Waals surface area contributed by atoms with Gasteiger partial charge in [-0.3, -0.25) is 0 Å². The minimum atomic E-state index is 0.260. The molecule has 7 nitrogen and oxygen atoms in total. The summed E-state index contributed by atoms with van der Waals surface area (Å²) >= 11 is 5.38. The maximum atomic E-state index is 5.70. The topological polar surface area (TPSA) is 66.1 Å². The Morgan fingerprint density at radius 1 is 1.10 bits per heavy atom. The molecule has 2 aromatic heterocycles. The van der Waals surface area contributed by atoms with E-state index in [4.69, 9.17) is 16.6 Å². The van der Waals surface area contributed by atoms with Crippen LogP contribution >= 0.6 is 12.2 Å². The lowest BCUT2D eigenvalue weighted by Gasteiger charge is -2.21. The summed E-state index contributed by atoms with van der Waals surface area (Å²) in [6.45, 7) is 2.82. The van der Waals surface area contributed by atoms with Gasteiger partial charge in [0.25, 0.3) is 4.84 Å². The molecule has 2 aromatic carbocycles. The van der Waals surface area contributed by atoms with Gasteiger partial charge in [-0.1, -0.05) is 42.5 Å². The van der Waals surface area contributed by atoms with Crippen molar-refractivity contribution in [2.75, 3.05) is 7.05 Å². The Hall–Kier alpha value is -3.10. The van der Waals surface area contributed by atoms with Crippen molar-refractivity contribution >= 4 is 12.2 Å². The second-order valence-corrected chi connectivity index (χ2v) is 7.43. The van der Waals surface area contributed by atoms with Crippen LogP contribution in [0.5, 0.6) is 0 Å². The molecule has 4 rings (SSSR count). The maximum Gasteiger partial charge on any atom is 0.291 e. The van der Waals surface area contributed by atoms with E-state index in [1.54, 1.807) is 15.7 Å². The van der Waals surface area contributed by atoms with Gasteiger partial charge in [0, 0.05) is 5.56 Å². The van der Waals surface area contributed by atoms with E-state index in [0.29, 0.717) is 23.8 Å². The number of nitrogens with one attached hydrogen (secondary N) is 1. The van der Waals surface area contributed by atoms with Crippen LogP contribution in [0.3, 0.4) is 0 Å². The minimum Gasteiger partial charge on any atom is -0.413 e. The Balaban J connectivity index is 1.43. The molecule has 4 aromatic rings. The van der Waals surface area contributed by atoms with E-state index in [1.165, 1.54) is 16.8 Å². The van der Waals surface area contributed by atoms with Crippen LogP contribution in [0.15, 0.2) is 71.7 Å². The fourth-order valence-electron chi connectivity index (χ4n) is 3.21. The highest BCUT2D eigenvalue weighted by molar-refractivity contribution is 7.71. The van der Waals surface area contributed by atoms with Gasteiger partial charge in [0.2, 0.25) is 5.89 Å². The van der Waals surface area contributed by atoms with Gasteiger partial charge in [0.1, 0.15) is 18.7 Å². The molecule has 0 fully saturated rings. The summed E-state index contributed by atoms with van der Waals surface area (Å²) in [7, 11) is 2.13. The molecule has 148 valence electrons. The van der Waals surface area contributed by atoms with Gasteiger partial charge in [-0.25, -0.2) is 9.67 Å². The van der Waals surface area contributed by atoms with Crippen molar-refractivity contribution in [3.05, 3.63) is 89.1 Å². The smallest absolute Gasteiger partial charge is 0.291 e. The third kappa shape index (κ3) is 4.49. The molecule has 2 atom stereocenters. The van der Waals surface area contributed by atoms with E-state index < -0.39 is 0 Å². The van der Waals surface area contributed by atoms with Crippen molar-refractivity contribution in [1.82, 2.24) is 24.5 Å². The van der Waals surface area contributed by atoms with Gasteiger partial charge in [-0.15, -0.1) is 5.10 Å². The highest BCUT2D eigenvalue weighted by Gasteiger charge is 2.18. The largest absolute Gasteiger partial charge is 0.413 e. The summed E-state index contributed by atoms with van der Waals surface area (Å²) in [5, 5.41) is 8.74. The number of hydrogen-bond donors (Lipinski definition) is 1. The Morgan fingerprint density at radius 3 is 2.55 bits per heavy atom. The van der Waals surface area contributed by atoms with Gasteiger partial charge in [-0.2, -0.15) is 9.78 Å². The molecule has 0 radical (unpaired) electrons. The Morgan fingerprint density at radius 2 is 1.86 bits per heavy atom. The Kier molecular flexibility index (Phi) is 5.64. The Bertz CT molecular complexity index is 1100. The maximum absolute atomic E-state index is 5.70. The fraction of sp³-hybridized carbons (Fsp3) is 0.238. The normalized spacial score (nSPS) is 13.3. The molecule has 0 saturated heterocycles. The van der Waals surface area contributed by atoms with Crippen LogP contribution in [0.25, 0.3) is 5.69 Å². The molecule has 0 spiro atoms. The molecule has 0 aliphatic carbocycles. The molecule has 0 saturated carbocycles. The SMILES string of the molecule is C[C@H](c1ccc(-n2cncn2)cc1)[NH+](C)Cn1nc(Cc2ccccc2)oc1=S. The lowest BCUT2D eigenvalue weighted by Crippen LogP contribution is -3.08. The van der Waals surface area contributed by atoms with Crippen LogP contribution in [0.2, 0.25) is 0 Å². The lowest BCUT2D eigenvalue weighted by atomic mass is 10.1. The summed E-state index contributed by atoms with van der Waals surface area (Å²) < 4.78 is 9.21. The molecule has 2 heterocycles. The average molecular weight is 408 g/mol. The molecular weight excluding hydrogens is 384 g/mol. The summed E-state index contributed by atoms with van der Waals surface area (Å²) in [6, 6.07) is 18.7. The van der Waals surface area contributed by atoms with Crippen LogP contribution in [0, 0.1) is 4.84 Å². The standard InChI is InChI=1S/C21H22N6OS/c1-16(18-8-10-19(11-9-18)26-14-22-13-23-26)25(2)15-27-21(29)28-20(24-27)12-17-6-4-3-5-7-17/h3-11,13-14,16H,12,15H2,1-2H3/p+1/t16-/m1/s1. The van der Waals surface area contributed by atoms with E-state index in [-0.39, 0.29) is 6.04 Å². The van der Waals surface area contributed by atoms with Crippen molar-refractivity contribution in [2.45, 2.75) is 26.1 Å². The first-order valence-electron chi connectivity index (χ1n) is 9.48. The number of aromatic nitrogens is 5. The first kappa shape index (κ1) is 19.2. The van der Waals surface area contributed by atoms with Gasteiger partial charge < -0.3 is 9.32 Å². The third-order valence-corrected chi connectivity index (χ3v) is 5.36. The molecular formula is C21H23N6OS+. The second kappa shape index (κ2) is 8.50. The minimum absolute atomic E-state index is 0.260. The van der Waals surface area contributed by atoms with Crippen molar-refractivity contribution in [3.8, 4) is 5.69 Å². The van der Waals surface area contributed by atoms with E-state index in [0.717, 1.165) is 11.3 Å². The van der Waals surface area contributed by atoms with Crippen molar-refractivity contribution in [2.24, 2.45) is 0 Å². The summed E-state index contributed by atoms with van der Waals surface area (Å²) in [5.74, 6) is 0.638. The molecule has 1 unspecified atom stereocenters. The van der Waals surface area contributed by atoms with Gasteiger partial charge >= 0.3 is 0 Å². The zero-order chi connectivity index (χ0) is 20.2. The highest BCUT2D eigenvalue weighted by atomic mass is 32.1. The summed E-state index contributed by atoms with van der Waals surface area (Å²) in [5.41, 5.74) is 3.36. The molecule has 8 heteroatoms. The van der Waals surface area contributed by atoms with Crippen LogP contribution in [-0.4, -0.2) is 31.6 Å². The fourth-order valence-corrected chi connectivity index (χ4v) is 3.41. The summed E-state index contributed by atoms with van der Waals surface area (Å²) in [4.78, 5) is 5.65. The quantitative estimate of drug-likeness (QED) is 0.477. The number of rotatable bonds is 7. The first-order valence-corrected chi connectivity index (χ1v) is 9.89. The third-order valence-electron chi connectivity index (χ3n) is 5.06. The molecule has 0 aliphatic rings. The molecule has 29 heavy (non-hydrogen) atoms. The van der Waals surface area contributed by atoms with Crippen molar-refractivity contribution < 1.29 is 9.32 Å². The van der Waals surface area contributed by atoms with Crippen LogP contribution in [-0.2, 0) is 13.1 Å². The highest BCUT2D eigenvalue weighted by Crippen LogP contribution is 2.13. The van der Waals surface area contributed by atoms with Gasteiger partial charge in [0.15, 0.2) is 6.67 Å². The number of quaternary nitrogens is 1. The van der Waals surface area contributed by atoms with E-state index in [2.05, 4.69) is 53.4 Å². The number of hydrogen-bond acceptors (Lipinski definition) is 5. The van der Waals surface area contributed by atoms with E-state index >= 15 is 0 Å². The monoisotopic (exact) mass is 407 g/mol. The predicted molar refractivity (Wildman–Crippen MR) is 111 cm³/mol. The predicted octanol–water partition coefficient (Wildman–Crippen LogP) is 2.61. The average Bonchev–Trinajstić information content (AvgIpc) is 3.39. The lowest BCUT2D eigenvalue weighted by molar-refractivity contribution is -0.933. The molecule has 0 amide bonds. The number of nitrogens with zero attached hydrogens (tertiary/aromatic N) is 5. The zero-order valence-corrected chi connectivity index (χ0v) is 17.2. The zero-order valence-electron chi connectivity index (χ0n) is 16.4. The second-order valence-electron chi connectivity index (χ2n) is 7.08. The van der Waals surface area contributed by atoms with Gasteiger partial charge in [0.05, 0.1) is 19.2 Å². The van der Waals surface area contributed by atoms with Crippen molar-refractivity contribution in [1.29, 1.82) is 0 Å². The summed E-state index contributed by atoms with van der Waals surface area (Å²) in [6.07, 6.45) is 3.85. The first-order chi connectivity index (χ1) is 14.1. The van der Waals surface area contributed by atoms with E-state index in [9.17, 15) is 0 Å². The Labute approximate surface area is 174 Å². The van der Waals surface area contributed by atoms with Crippen LogP contribution < -0.4 is 4.90 Å². The van der Waals surface area contributed by atoms with E-state index in [1.807, 2.05) is 30.3 Å². The van der Waals surface area contributed by atoms with Gasteiger partial charge in [-0.05, 0) is 36.8 Å². The van der Waals surface area contributed by atoms with Crippen LogP contribution in [0.1, 0.15) is 30.0 Å². The number of benzene rings is 2. The molecule has 0 aliphatic heterocycles.